The van der Waals surface area contributed by atoms with Crippen LogP contribution in [0, 0.1) is 11.7 Å². The van der Waals surface area contributed by atoms with Crippen molar-refractivity contribution in [3.8, 4) is 0 Å². The molecule has 1 fully saturated rings. The molecule has 0 atom stereocenters. The summed E-state index contributed by atoms with van der Waals surface area (Å²) in [6.45, 7) is 4.45. The van der Waals surface area contributed by atoms with Crippen LogP contribution in [-0.4, -0.2) is 55.7 Å². The molecule has 4 N–H and O–H groups in total. The van der Waals surface area contributed by atoms with Gasteiger partial charge in [0.1, 0.15) is 11.3 Å². The van der Waals surface area contributed by atoms with Crippen LogP contribution in [0.2, 0.25) is 0 Å². The number of halogens is 1. The zero-order valence-corrected chi connectivity index (χ0v) is 21.4. The van der Waals surface area contributed by atoms with Gasteiger partial charge in [-0.05, 0) is 85.9 Å². The third-order valence-electron chi connectivity index (χ3n) is 6.89. The summed E-state index contributed by atoms with van der Waals surface area (Å²) in [7, 11) is 0. The molecule has 0 aliphatic carbocycles. The number of piperidine rings is 1. The second kappa shape index (κ2) is 11.6. The van der Waals surface area contributed by atoms with Crippen molar-refractivity contribution in [3.05, 3.63) is 78.3 Å². The van der Waals surface area contributed by atoms with Crippen molar-refractivity contribution in [1.29, 1.82) is 0 Å². The molecule has 1 aliphatic rings. The largest absolute Gasteiger partial charge is 0.397 e. The standard InChI is InChI=1S/C27H31FN8S/c28-22-3-1-20(2-4-22)17-36-18-33-25-21(5-10-31-26(25)36)15-19-7-12-35(13-8-19)14-11-32-27(37)34-24-16-30-9-6-23(24)29/h1-6,9-10,16,18-19H,7-8,11-15,17H2,(H2,29,30)(H2,32,34,37). The number of hydrogen-bond acceptors (Lipinski definition) is 6. The van der Waals surface area contributed by atoms with Gasteiger partial charge in [0, 0.05) is 25.5 Å². The number of fused-ring (bicyclic) bond motifs is 1. The first kappa shape index (κ1) is 25.0. The molecule has 0 bridgehead atoms. The van der Waals surface area contributed by atoms with Gasteiger partial charge in [-0.15, -0.1) is 0 Å². The third kappa shape index (κ3) is 6.39. The molecular weight excluding hydrogens is 487 g/mol. The molecule has 0 saturated carbocycles. The van der Waals surface area contributed by atoms with Crippen LogP contribution in [0.4, 0.5) is 15.8 Å². The molecular formula is C27H31FN8S. The molecule has 1 saturated heterocycles. The number of thiocarbonyl (C=S) groups is 1. The van der Waals surface area contributed by atoms with Crippen molar-refractivity contribution in [2.24, 2.45) is 5.92 Å². The minimum Gasteiger partial charge on any atom is -0.397 e. The Morgan fingerprint density at radius 1 is 1.08 bits per heavy atom. The first-order valence-corrected chi connectivity index (χ1v) is 13.0. The van der Waals surface area contributed by atoms with Crippen LogP contribution in [0.5, 0.6) is 0 Å². The number of aromatic nitrogens is 4. The molecule has 8 nitrogen and oxygen atoms in total. The molecule has 0 unspecified atom stereocenters. The number of anilines is 2. The zero-order valence-electron chi connectivity index (χ0n) is 20.6. The van der Waals surface area contributed by atoms with Gasteiger partial charge in [-0.25, -0.2) is 14.4 Å². The normalized spacial score (nSPS) is 14.6. The van der Waals surface area contributed by atoms with E-state index in [9.17, 15) is 4.39 Å². The summed E-state index contributed by atoms with van der Waals surface area (Å²) in [5, 5.41) is 6.91. The summed E-state index contributed by atoms with van der Waals surface area (Å²) in [5.74, 6) is 0.391. The third-order valence-corrected chi connectivity index (χ3v) is 7.13. The van der Waals surface area contributed by atoms with Gasteiger partial charge >= 0.3 is 0 Å². The topological polar surface area (TPSA) is 96.9 Å². The van der Waals surface area contributed by atoms with Crippen molar-refractivity contribution in [3.63, 3.8) is 0 Å². The molecule has 0 amide bonds. The molecule has 5 rings (SSSR count). The molecule has 37 heavy (non-hydrogen) atoms. The summed E-state index contributed by atoms with van der Waals surface area (Å²) in [6, 6.07) is 10.4. The Morgan fingerprint density at radius 2 is 1.89 bits per heavy atom. The van der Waals surface area contributed by atoms with E-state index in [1.54, 1.807) is 30.6 Å². The Kier molecular flexibility index (Phi) is 7.86. The molecule has 0 spiro atoms. The number of nitrogens with one attached hydrogen (secondary N) is 2. The van der Waals surface area contributed by atoms with Crippen LogP contribution in [0.15, 0.2) is 61.3 Å². The van der Waals surface area contributed by atoms with E-state index in [4.69, 9.17) is 18.0 Å². The van der Waals surface area contributed by atoms with E-state index >= 15 is 0 Å². The molecule has 10 heteroatoms. The summed E-state index contributed by atoms with van der Waals surface area (Å²) in [5.41, 5.74) is 11.4. The SMILES string of the molecule is Nc1ccncc1NC(=S)NCCN1CCC(Cc2ccnc3c2ncn3Cc2ccc(F)cc2)CC1. The number of hydrogen-bond donors (Lipinski definition) is 3. The second-order valence-electron chi connectivity index (χ2n) is 9.47. The fraction of sp³-hybridized carbons (Fsp3) is 0.333. The number of rotatable bonds is 8. The Bertz CT molecular complexity index is 1350. The Morgan fingerprint density at radius 3 is 2.68 bits per heavy atom. The highest BCUT2D eigenvalue weighted by molar-refractivity contribution is 7.80. The van der Waals surface area contributed by atoms with E-state index in [0.29, 0.717) is 28.9 Å². The van der Waals surface area contributed by atoms with Crippen LogP contribution in [-0.2, 0) is 13.0 Å². The van der Waals surface area contributed by atoms with E-state index < -0.39 is 0 Å². The summed E-state index contributed by atoms with van der Waals surface area (Å²) >= 11 is 5.38. The maximum absolute atomic E-state index is 13.2. The van der Waals surface area contributed by atoms with Gasteiger partial charge in [-0.1, -0.05) is 12.1 Å². The second-order valence-corrected chi connectivity index (χ2v) is 9.88. The highest BCUT2D eigenvalue weighted by Crippen LogP contribution is 2.25. The number of nitrogens with two attached hydrogens (primary N) is 1. The lowest BCUT2D eigenvalue weighted by Gasteiger charge is -2.32. The van der Waals surface area contributed by atoms with Crippen LogP contribution < -0.4 is 16.4 Å². The predicted molar refractivity (Wildman–Crippen MR) is 149 cm³/mol. The molecule has 1 aliphatic heterocycles. The first-order chi connectivity index (χ1) is 18.0. The fourth-order valence-electron chi connectivity index (χ4n) is 4.81. The van der Waals surface area contributed by atoms with Crippen molar-refractivity contribution in [2.75, 3.05) is 37.2 Å². The molecule has 1 aromatic carbocycles. The average Bonchev–Trinajstić information content (AvgIpc) is 3.31. The van der Waals surface area contributed by atoms with Gasteiger partial charge in [0.05, 0.1) is 30.4 Å². The number of pyridine rings is 2. The zero-order chi connectivity index (χ0) is 25.6. The van der Waals surface area contributed by atoms with Gasteiger partial charge in [0.15, 0.2) is 10.8 Å². The smallest absolute Gasteiger partial charge is 0.170 e. The summed E-state index contributed by atoms with van der Waals surface area (Å²) in [6.07, 6.45) is 10.3. The van der Waals surface area contributed by atoms with Crippen LogP contribution >= 0.6 is 12.2 Å². The molecule has 3 aromatic heterocycles. The highest BCUT2D eigenvalue weighted by Gasteiger charge is 2.21. The molecule has 4 aromatic rings. The Hall–Kier alpha value is -3.63. The lowest BCUT2D eigenvalue weighted by Crippen LogP contribution is -2.40. The van der Waals surface area contributed by atoms with Crippen LogP contribution in [0.1, 0.15) is 24.0 Å². The maximum Gasteiger partial charge on any atom is 0.170 e. The summed E-state index contributed by atoms with van der Waals surface area (Å²) in [4.78, 5) is 15.8. The lowest BCUT2D eigenvalue weighted by molar-refractivity contribution is 0.187. The van der Waals surface area contributed by atoms with Gasteiger partial charge in [0.25, 0.3) is 0 Å². The van der Waals surface area contributed by atoms with Crippen LogP contribution in [0.25, 0.3) is 11.2 Å². The van der Waals surface area contributed by atoms with Gasteiger partial charge in [-0.3, -0.25) is 4.98 Å². The van der Waals surface area contributed by atoms with E-state index in [-0.39, 0.29) is 5.82 Å². The predicted octanol–water partition coefficient (Wildman–Crippen LogP) is 3.84. The van der Waals surface area contributed by atoms with E-state index in [1.807, 2.05) is 17.1 Å². The number of nitrogen functional groups attached to an aromatic ring is 1. The minimum absolute atomic E-state index is 0.228. The highest BCUT2D eigenvalue weighted by atomic mass is 32.1. The van der Waals surface area contributed by atoms with Crippen molar-refractivity contribution >= 4 is 39.9 Å². The Labute approximate surface area is 221 Å². The number of likely N-dealkylation sites (tertiary alicyclic amines) is 1. The van der Waals surface area contributed by atoms with Crippen molar-refractivity contribution < 1.29 is 4.39 Å². The molecule has 192 valence electrons. The lowest BCUT2D eigenvalue weighted by atomic mass is 9.90. The van der Waals surface area contributed by atoms with Crippen molar-refractivity contribution in [2.45, 2.75) is 25.8 Å². The van der Waals surface area contributed by atoms with Gasteiger partial charge < -0.3 is 25.8 Å². The quantitative estimate of drug-likeness (QED) is 0.303. The molecule has 4 heterocycles. The number of benzene rings is 1. The minimum atomic E-state index is -0.228. The number of nitrogens with zero attached hydrogens (tertiary/aromatic N) is 5. The number of imidazole rings is 1. The van der Waals surface area contributed by atoms with Gasteiger partial charge in [-0.2, -0.15) is 0 Å². The van der Waals surface area contributed by atoms with E-state index in [2.05, 4.69) is 36.6 Å². The van der Waals surface area contributed by atoms with Crippen molar-refractivity contribution in [1.82, 2.24) is 29.7 Å². The first-order valence-electron chi connectivity index (χ1n) is 12.5. The summed E-state index contributed by atoms with van der Waals surface area (Å²) < 4.78 is 15.3. The average molecular weight is 519 g/mol. The Balaban J connectivity index is 1.09. The van der Waals surface area contributed by atoms with Crippen LogP contribution in [0.3, 0.4) is 0 Å². The van der Waals surface area contributed by atoms with E-state index in [1.165, 1.54) is 17.7 Å². The molecule has 0 radical (unpaired) electrons. The van der Waals surface area contributed by atoms with Gasteiger partial charge in [0.2, 0.25) is 0 Å². The fourth-order valence-corrected chi connectivity index (χ4v) is 5.02. The van der Waals surface area contributed by atoms with E-state index in [0.717, 1.165) is 62.2 Å². The monoisotopic (exact) mass is 518 g/mol. The maximum atomic E-state index is 13.2.